The van der Waals surface area contributed by atoms with E-state index in [1.807, 2.05) is 30.1 Å². The van der Waals surface area contributed by atoms with Gasteiger partial charge in [-0.1, -0.05) is 0 Å². The summed E-state index contributed by atoms with van der Waals surface area (Å²) in [6, 6.07) is 11.1. The standard InChI is InChI=1S/C24H24N8O/c1-31-10-5-24(23(31)33)6-11-32(12-7-24)21-14-20(28-19-13-17(15-25)4-9-27-19)29-22(30-21)18-3-2-8-26-16-18/h2-4,8-9,13-14,16H,5-7,10-12H2,1H3,(H,27,28,29,30). The van der Waals surface area contributed by atoms with E-state index in [2.05, 4.69) is 31.2 Å². The summed E-state index contributed by atoms with van der Waals surface area (Å²) in [5.41, 5.74) is 1.09. The molecule has 2 saturated heterocycles. The summed E-state index contributed by atoms with van der Waals surface area (Å²) in [4.78, 5) is 34.8. The van der Waals surface area contributed by atoms with Gasteiger partial charge in [0.25, 0.3) is 0 Å². The number of amides is 1. The Morgan fingerprint density at radius 3 is 2.58 bits per heavy atom. The van der Waals surface area contributed by atoms with Crippen LogP contribution >= 0.6 is 0 Å². The monoisotopic (exact) mass is 440 g/mol. The van der Waals surface area contributed by atoms with Gasteiger partial charge in [-0.15, -0.1) is 0 Å². The van der Waals surface area contributed by atoms with E-state index in [0.717, 1.165) is 50.3 Å². The molecule has 3 aromatic rings. The average molecular weight is 441 g/mol. The van der Waals surface area contributed by atoms with E-state index in [-0.39, 0.29) is 11.3 Å². The second kappa shape index (κ2) is 8.47. The Hall–Kier alpha value is -4.06. The third-order valence-corrected chi connectivity index (χ3v) is 6.55. The smallest absolute Gasteiger partial charge is 0.228 e. The van der Waals surface area contributed by atoms with Crippen LogP contribution in [0.1, 0.15) is 24.8 Å². The quantitative estimate of drug-likeness (QED) is 0.659. The molecule has 0 saturated carbocycles. The average Bonchev–Trinajstić information content (AvgIpc) is 3.13. The molecular formula is C24H24N8O. The maximum atomic E-state index is 12.7. The van der Waals surface area contributed by atoms with Gasteiger partial charge in [0, 0.05) is 56.9 Å². The molecule has 2 fully saturated rings. The van der Waals surface area contributed by atoms with Crippen LogP contribution in [0.4, 0.5) is 17.5 Å². The van der Waals surface area contributed by atoms with Crippen LogP contribution < -0.4 is 10.2 Å². The normalized spacial score (nSPS) is 17.3. The lowest BCUT2D eigenvalue weighted by atomic mass is 9.77. The van der Waals surface area contributed by atoms with Crippen molar-refractivity contribution in [2.24, 2.45) is 5.41 Å². The molecule has 1 N–H and O–H groups in total. The second-order valence-corrected chi connectivity index (χ2v) is 8.59. The van der Waals surface area contributed by atoms with Gasteiger partial charge in [-0.2, -0.15) is 5.26 Å². The Labute approximate surface area is 192 Å². The minimum atomic E-state index is -0.229. The highest BCUT2D eigenvalue weighted by Crippen LogP contribution is 2.42. The number of carbonyl (C=O) groups excluding carboxylic acids is 1. The van der Waals surface area contributed by atoms with Gasteiger partial charge >= 0.3 is 0 Å². The molecule has 166 valence electrons. The van der Waals surface area contributed by atoms with Gasteiger partial charge in [-0.3, -0.25) is 9.78 Å². The van der Waals surface area contributed by atoms with E-state index < -0.39 is 0 Å². The number of nitriles is 1. The number of piperidine rings is 1. The molecule has 0 bridgehead atoms. The largest absolute Gasteiger partial charge is 0.356 e. The molecule has 9 nitrogen and oxygen atoms in total. The zero-order chi connectivity index (χ0) is 22.8. The van der Waals surface area contributed by atoms with Gasteiger partial charge in [0.2, 0.25) is 5.91 Å². The first-order chi connectivity index (χ1) is 16.1. The topological polar surface area (TPSA) is 111 Å². The number of rotatable bonds is 4. The van der Waals surface area contributed by atoms with Gasteiger partial charge in [0.15, 0.2) is 5.82 Å². The maximum absolute atomic E-state index is 12.7. The fourth-order valence-electron chi connectivity index (χ4n) is 4.61. The molecule has 5 rings (SSSR count). The molecule has 33 heavy (non-hydrogen) atoms. The lowest BCUT2D eigenvalue weighted by Gasteiger charge is -2.38. The Morgan fingerprint density at radius 2 is 1.88 bits per heavy atom. The molecule has 2 aliphatic rings. The molecule has 0 unspecified atom stereocenters. The summed E-state index contributed by atoms with van der Waals surface area (Å²) in [6.45, 7) is 2.34. The number of carbonyl (C=O) groups is 1. The van der Waals surface area contributed by atoms with Crippen LogP contribution in [0.25, 0.3) is 11.4 Å². The third kappa shape index (κ3) is 4.07. The summed E-state index contributed by atoms with van der Waals surface area (Å²) in [5, 5.41) is 12.4. The van der Waals surface area contributed by atoms with Gasteiger partial charge in [0.05, 0.1) is 17.0 Å². The van der Waals surface area contributed by atoms with Crippen LogP contribution in [0.3, 0.4) is 0 Å². The Morgan fingerprint density at radius 1 is 1.06 bits per heavy atom. The number of nitrogens with one attached hydrogen (secondary N) is 1. The first-order valence-electron chi connectivity index (χ1n) is 11.0. The van der Waals surface area contributed by atoms with Crippen molar-refractivity contribution in [1.82, 2.24) is 24.8 Å². The highest BCUT2D eigenvalue weighted by Gasteiger charge is 2.47. The molecule has 3 aromatic heterocycles. The number of nitrogens with zero attached hydrogens (tertiary/aromatic N) is 7. The van der Waals surface area contributed by atoms with Gasteiger partial charge in [0.1, 0.15) is 17.5 Å². The van der Waals surface area contributed by atoms with Crippen LogP contribution in [0.15, 0.2) is 48.9 Å². The molecule has 5 heterocycles. The molecule has 9 heteroatoms. The van der Waals surface area contributed by atoms with E-state index in [0.29, 0.717) is 23.0 Å². The Bertz CT molecular complexity index is 1210. The second-order valence-electron chi connectivity index (χ2n) is 8.59. The number of aromatic nitrogens is 4. The van der Waals surface area contributed by atoms with Crippen molar-refractivity contribution in [2.75, 3.05) is 36.9 Å². The van der Waals surface area contributed by atoms with Crippen LogP contribution in [-0.2, 0) is 4.79 Å². The van der Waals surface area contributed by atoms with E-state index in [4.69, 9.17) is 4.98 Å². The van der Waals surface area contributed by atoms with Crippen LogP contribution in [-0.4, -0.2) is 57.4 Å². The van der Waals surface area contributed by atoms with Gasteiger partial charge in [-0.25, -0.2) is 15.0 Å². The van der Waals surface area contributed by atoms with Crippen LogP contribution in [0.5, 0.6) is 0 Å². The van der Waals surface area contributed by atoms with E-state index in [1.54, 1.807) is 30.7 Å². The van der Waals surface area contributed by atoms with Crippen LogP contribution in [0.2, 0.25) is 0 Å². The first kappa shape index (κ1) is 20.8. The number of hydrogen-bond donors (Lipinski definition) is 1. The highest BCUT2D eigenvalue weighted by atomic mass is 16.2. The Kier molecular flexibility index (Phi) is 5.34. The predicted octanol–water partition coefficient (Wildman–Crippen LogP) is 3.00. The summed E-state index contributed by atoms with van der Waals surface area (Å²) >= 11 is 0. The minimum absolute atomic E-state index is 0.229. The number of likely N-dealkylation sites (tertiary alicyclic amines) is 1. The SMILES string of the molecule is CN1CCC2(CCN(c3cc(Nc4cc(C#N)ccn4)nc(-c4cccnc4)n3)CC2)C1=O. The number of anilines is 3. The van der Waals surface area contributed by atoms with Gasteiger partial charge in [-0.05, 0) is 43.5 Å². The molecule has 0 aliphatic carbocycles. The zero-order valence-electron chi connectivity index (χ0n) is 18.4. The Balaban J connectivity index is 1.45. The zero-order valence-corrected chi connectivity index (χ0v) is 18.4. The third-order valence-electron chi connectivity index (χ3n) is 6.55. The highest BCUT2D eigenvalue weighted by molar-refractivity contribution is 5.85. The van der Waals surface area contributed by atoms with Crippen molar-refractivity contribution in [3.05, 3.63) is 54.5 Å². The van der Waals surface area contributed by atoms with Crippen molar-refractivity contribution >= 4 is 23.4 Å². The predicted molar refractivity (Wildman–Crippen MR) is 124 cm³/mol. The fraction of sp³-hybridized carbons (Fsp3) is 0.333. The molecule has 1 spiro atoms. The van der Waals surface area contributed by atoms with E-state index >= 15 is 0 Å². The van der Waals surface area contributed by atoms with Gasteiger partial charge < -0.3 is 15.1 Å². The maximum Gasteiger partial charge on any atom is 0.228 e. The molecule has 2 aliphatic heterocycles. The number of pyridine rings is 2. The molecular weight excluding hydrogens is 416 g/mol. The minimum Gasteiger partial charge on any atom is -0.356 e. The molecule has 1 amide bonds. The van der Waals surface area contributed by atoms with Crippen molar-refractivity contribution < 1.29 is 4.79 Å². The van der Waals surface area contributed by atoms with E-state index in [1.165, 1.54) is 0 Å². The number of hydrogen-bond acceptors (Lipinski definition) is 8. The van der Waals surface area contributed by atoms with Crippen molar-refractivity contribution in [3.63, 3.8) is 0 Å². The van der Waals surface area contributed by atoms with Crippen molar-refractivity contribution in [2.45, 2.75) is 19.3 Å². The lowest BCUT2D eigenvalue weighted by molar-refractivity contribution is -0.135. The fourth-order valence-corrected chi connectivity index (χ4v) is 4.61. The summed E-state index contributed by atoms with van der Waals surface area (Å²) in [6.07, 6.45) is 7.59. The molecule has 0 aromatic carbocycles. The van der Waals surface area contributed by atoms with Crippen LogP contribution in [0, 0.1) is 16.7 Å². The first-order valence-corrected chi connectivity index (χ1v) is 11.0. The summed E-state index contributed by atoms with van der Waals surface area (Å²) in [5.74, 6) is 2.73. The van der Waals surface area contributed by atoms with E-state index in [9.17, 15) is 10.1 Å². The molecule has 0 atom stereocenters. The lowest BCUT2D eigenvalue weighted by Crippen LogP contribution is -2.44. The van der Waals surface area contributed by atoms with Crippen molar-refractivity contribution in [1.29, 1.82) is 5.26 Å². The summed E-state index contributed by atoms with van der Waals surface area (Å²) in [7, 11) is 1.89. The summed E-state index contributed by atoms with van der Waals surface area (Å²) < 4.78 is 0. The van der Waals surface area contributed by atoms with Crippen molar-refractivity contribution in [3.8, 4) is 17.5 Å². The molecule has 0 radical (unpaired) electrons.